The van der Waals surface area contributed by atoms with Crippen molar-refractivity contribution in [2.75, 3.05) is 30.9 Å². The Hall–Kier alpha value is -2.67. The lowest BCUT2D eigenvalue weighted by molar-refractivity contribution is -0.122. The summed E-state index contributed by atoms with van der Waals surface area (Å²) in [6.45, 7) is 2.29. The molecule has 28 heavy (non-hydrogen) atoms. The van der Waals surface area contributed by atoms with E-state index in [4.69, 9.17) is 0 Å². The van der Waals surface area contributed by atoms with Crippen LogP contribution in [-0.2, 0) is 9.59 Å². The summed E-state index contributed by atoms with van der Waals surface area (Å²) in [5.41, 5.74) is 2.86. The van der Waals surface area contributed by atoms with E-state index < -0.39 is 5.92 Å². The molecule has 0 bridgehead atoms. The minimum absolute atomic E-state index is 0.0709. The Balaban J connectivity index is 1.70. The van der Waals surface area contributed by atoms with Crippen LogP contribution in [-0.4, -0.2) is 43.3 Å². The molecule has 7 heteroatoms. The van der Waals surface area contributed by atoms with E-state index in [1.165, 1.54) is 4.90 Å². The first kappa shape index (κ1) is 20.1. The fraction of sp³-hybridized carbons (Fsp3) is 0.286. The van der Waals surface area contributed by atoms with Gasteiger partial charge in [-0.2, -0.15) is 0 Å². The van der Waals surface area contributed by atoms with Crippen LogP contribution in [0.15, 0.2) is 46.9 Å². The molecule has 0 aromatic heterocycles. The molecular formula is C21H22BrN3O3. The van der Waals surface area contributed by atoms with Crippen molar-refractivity contribution in [3.8, 4) is 0 Å². The Bertz CT molecular complexity index is 942. The van der Waals surface area contributed by atoms with E-state index in [1.54, 1.807) is 43.3 Å². The van der Waals surface area contributed by atoms with E-state index in [1.807, 2.05) is 25.1 Å². The maximum absolute atomic E-state index is 12.7. The van der Waals surface area contributed by atoms with Crippen molar-refractivity contribution in [3.63, 3.8) is 0 Å². The highest BCUT2D eigenvalue weighted by atomic mass is 79.9. The number of amides is 3. The standard InChI is InChI=1S/C21H22BrN3O3/c1-13-9-17(7-8-18(13)22)25-12-15(11-19(25)26)20(27)23-16-6-4-5-14(10-16)21(28)24(2)3/h4-10,15H,11-12H2,1-3H3,(H,23,27). The van der Waals surface area contributed by atoms with Gasteiger partial charge in [0.2, 0.25) is 11.8 Å². The minimum atomic E-state index is -0.440. The molecule has 3 amide bonds. The lowest BCUT2D eigenvalue weighted by Crippen LogP contribution is -2.28. The molecule has 146 valence electrons. The zero-order valence-electron chi connectivity index (χ0n) is 16.0. The normalized spacial score (nSPS) is 16.2. The molecule has 0 aliphatic carbocycles. The van der Waals surface area contributed by atoms with Gasteiger partial charge in [-0.25, -0.2) is 0 Å². The predicted octanol–water partition coefficient (Wildman–Crippen LogP) is 3.45. The van der Waals surface area contributed by atoms with Gasteiger partial charge in [0.25, 0.3) is 5.91 Å². The summed E-state index contributed by atoms with van der Waals surface area (Å²) < 4.78 is 0.976. The van der Waals surface area contributed by atoms with Gasteiger partial charge in [-0.1, -0.05) is 22.0 Å². The van der Waals surface area contributed by atoms with Crippen LogP contribution in [0.25, 0.3) is 0 Å². The Morgan fingerprint density at radius 1 is 1.18 bits per heavy atom. The molecule has 1 N–H and O–H groups in total. The lowest BCUT2D eigenvalue weighted by atomic mass is 10.1. The van der Waals surface area contributed by atoms with Crippen molar-refractivity contribution in [1.82, 2.24) is 4.90 Å². The molecule has 2 aromatic carbocycles. The van der Waals surface area contributed by atoms with Gasteiger partial charge >= 0.3 is 0 Å². The molecule has 3 rings (SSSR count). The van der Waals surface area contributed by atoms with E-state index >= 15 is 0 Å². The molecule has 0 spiro atoms. The van der Waals surface area contributed by atoms with Crippen LogP contribution >= 0.6 is 15.9 Å². The number of halogens is 1. The lowest BCUT2D eigenvalue weighted by Gasteiger charge is -2.18. The summed E-state index contributed by atoms with van der Waals surface area (Å²) in [7, 11) is 3.35. The second kappa shape index (κ2) is 8.14. The van der Waals surface area contributed by atoms with E-state index in [2.05, 4.69) is 21.2 Å². The summed E-state index contributed by atoms with van der Waals surface area (Å²) in [5, 5.41) is 2.84. The third-order valence-electron chi connectivity index (χ3n) is 4.73. The molecule has 0 saturated carbocycles. The average molecular weight is 444 g/mol. The highest BCUT2D eigenvalue weighted by Crippen LogP contribution is 2.29. The third kappa shape index (κ3) is 4.25. The maximum Gasteiger partial charge on any atom is 0.253 e. The molecule has 1 fully saturated rings. The zero-order valence-corrected chi connectivity index (χ0v) is 17.6. The Morgan fingerprint density at radius 3 is 2.61 bits per heavy atom. The SMILES string of the molecule is Cc1cc(N2CC(C(=O)Nc3cccc(C(=O)N(C)C)c3)CC2=O)ccc1Br. The van der Waals surface area contributed by atoms with Crippen molar-refractivity contribution in [2.24, 2.45) is 5.92 Å². The molecule has 0 radical (unpaired) electrons. The van der Waals surface area contributed by atoms with Gasteiger partial charge in [-0.05, 0) is 48.9 Å². The van der Waals surface area contributed by atoms with Crippen molar-refractivity contribution in [3.05, 3.63) is 58.1 Å². The van der Waals surface area contributed by atoms with E-state index in [9.17, 15) is 14.4 Å². The predicted molar refractivity (Wildman–Crippen MR) is 112 cm³/mol. The van der Waals surface area contributed by atoms with Gasteiger partial charge in [-0.15, -0.1) is 0 Å². The number of nitrogens with zero attached hydrogens (tertiary/aromatic N) is 2. The second-order valence-corrected chi connectivity index (χ2v) is 7.96. The first-order valence-electron chi connectivity index (χ1n) is 8.95. The van der Waals surface area contributed by atoms with Crippen molar-refractivity contribution < 1.29 is 14.4 Å². The number of aryl methyl sites for hydroxylation is 1. The Morgan fingerprint density at radius 2 is 1.93 bits per heavy atom. The molecule has 1 unspecified atom stereocenters. The van der Waals surface area contributed by atoms with Gasteiger partial charge < -0.3 is 15.1 Å². The minimum Gasteiger partial charge on any atom is -0.345 e. The number of hydrogen-bond donors (Lipinski definition) is 1. The van der Waals surface area contributed by atoms with Crippen LogP contribution in [0.2, 0.25) is 0 Å². The van der Waals surface area contributed by atoms with Crippen LogP contribution in [0.3, 0.4) is 0 Å². The van der Waals surface area contributed by atoms with Crippen LogP contribution < -0.4 is 10.2 Å². The number of benzene rings is 2. The third-order valence-corrected chi connectivity index (χ3v) is 5.62. The quantitative estimate of drug-likeness (QED) is 0.786. The highest BCUT2D eigenvalue weighted by molar-refractivity contribution is 9.10. The van der Waals surface area contributed by atoms with Gasteiger partial charge in [0.15, 0.2) is 0 Å². The number of carbonyl (C=O) groups excluding carboxylic acids is 3. The number of carbonyl (C=O) groups is 3. The topological polar surface area (TPSA) is 69.7 Å². The Kier molecular flexibility index (Phi) is 5.84. The van der Waals surface area contributed by atoms with Gasteiger partial charge in [0.05, 0.1) is 5.92 Å². The van der Waals surface area contributed by atoms with Crippen LogP contribution in [0.5, 0.6) is 0 Å². The smallest absolute Gasteiger partial charge is 0.253 e. The number of hydrogen-bond acceptors (Lipinski definition) is 3. The largest absolute Gasteiger partial charge is 0.345 e. The van der Waals surface area contributed by atoms with Crippen LogP contribution in [0, 0.1) is 12.8 Å². The average Bonchev–Trinajstić information content (AvgIpc) is 3.05. The summed E-state index contributed by atoms with van der Waals surface area (Å²) >= 11 is 3.46. The molecule has 1 saturated heterocycles. The van der Waals surface area contributed by atoms with E-state index in [-0.39, 0.29) is 24.1 Å². The van der Waals surface area contributed by atoms with Crippen molar-refractivity contribution in [1.29, 1.82) is 0 Å². The monoisotopic (exact) mass is 443 g/mol. The van der Waals surface area contributed by atoms with Gasteiger partial charge in [0.1, 0.15) is 0 Å². The second-order valence-electron chi connectivity index (χ2n) is 7.11. The maximum atomic E-state index is 12.7. The summed E-state index contributed by atoms with van der Waals surface area (Å²) in [4.78, 5) is 40.3. The molecule has 1 heterocycles. The zero-order chi connectivity index (χ0) is 20.4. The van der Waals surface area contributed by atoms with Gasteiger partial charge in [0, 0.05) is 48.5 Å². The number of rotatable bonds is 4. The fourth-order valence-electron chi connectivity index (χ4n) is 3.16. The fourth-order valence-corrected chi connectivity index (χ4v) is 3.41. The van der Waals surface area contributed by atoms with Crippen molar-refractivity contribution >= 4 is 45.0 Å². The van der Waals surface area contributed by atoms with E-state index in [0.717, 1.165) is 15.7 Å². The van der Waals surface area contributed by atoms with E-state index in [0.29, 0.717) is 17.8 Å². The van der Waals surface area contributed by atoms with Crippen LogP contribution in [0.1, 0.15) is 22.3 Å². The Labute approximate surface area is 172 Å². The molecule has 1 atom stereocenters. The molecular weight excluding hydrogens is 422 g/mol. The molecule has 1 aliphatic rings. The molecule has 1 aliphatic heterocycles. The van der Waals surface area contributed by atoms with Gasteiger partial charge in [-0.3, -0.25) is 14.4 Å². The highest BCUT2D eigenvalue weighted by Gasteiger charge is 2.35. The number of anilines is 2. The first-order chi connectivity index (χ1) is 13.3. The summed E-state index contributed by atoms with van der Waals surface area (Å²) in [6.07, 6.45) is 0.164. The summed E-state index contributed by atoms with van der Waals surface area (Å²) in [5.74, 6) is -0.869. The molecule has 2 aromatic rings. The number of nitrogens with one attached hydrogen (secondary N) is 1. The van der Waals surface area contributed by atoms with Crippen LogP contribution in [0.4, 0.5) is 11.4 Å². The molecule has 6 nitrogen and oxygen atoms in total. The van der Waals surface area contributed by atoms with Crippen molar-refractivity contribution in [2.45, 2.75) is 13.3 Å². The first-order valence-corrected chi connectivity index (χ1v) is 9.74. The summed E-state index contributed by atoms with van der Waals surface area (Å²) in [6, 6.07) is 12.5.